The molecule has 208 valence electrons. The summed E-state index contributed by atoms with van der Waals surface area (Å²) in [4.78, 5) is 15.0. The van der Waals surface area contributed by atoms with Crippen molar-refractivity contribution in [2.45, 2.75) is 44.4 Å². The average Bonchev–Trinajstić information content (AvgIpc) is 2.96. The largest absolute Gasteiger partial charge is 0.385 e. The highest BCUT2D eigenvalue weighted by atomic mass is 19.1. The van der Waals surface area contributed by atoms with Crippen molar-refractivity contribution in [2.75, 3.05) is 33.4 Å². The number of morpholine rings is 1. The predicted octanol–water partition coefficient (Wildman–Crippen LogP) is 4.94. The number of aliphatic hydroxyl groups is 1. The molecule has 1 fully saturated rings. The smallest absolute Gasteiger partial charge is 0.254 e. The highest BCUT2D eigenvalue weighted by Crippen LogP contribution is 2.41. The molecule has 3 aromatic carbocycles. The normalized spacial score (nSPS) is 17.2. The Bertz CT molecular complexity index is 1280. The Hall–Kier alpha value is -3.17. The molecule has 1 aliphatic heterocycles. The Balaban J connectivity index is 1.71. The quantitative estimate of drug-likeness (QED) is 0.357. The van der Waals surface area contributed by atoms with Gasteiger partial charge < -0.3 is 25.2 Å². The summed E-state index contributed by atoms with van der Waals surface area (Å²) in [5.41, 5.74) is 6.87. The van der Waals surface area contributed by atoms with Crippen LogP contribution in [-0.2, 0) is 21.6 Å². The van der Waals surface area contributed by atoms with E-state index in [1.54, 1.807) is 49.3 Å². The number of hydrogen-bond donors (Lipinski definition) is 2. The van der Waals surface area contributed by atoms with Crippen LogP contribution in [0.2, 0.25) is 0 Å². The Morgan fingerprint density at radius 2 is 1.90 bits per heavy atom. The minimum Gasteiger partial charge on any atom is -0.385 e. The van der Waals surface area contributed by atoms with E-state index in [1.807, 2.05) is 12.1 Å². The molecule has 1 heterocycles. The molecule has 0 radical (unpaired) electrons. The van der Waals surface area contributed by atoms with Crippen molar-refractivity contribution in [2.24, 2.45) is 5.73 Å². The number of carbonyl (C=O) groups excluding carboxylic acids is 1. The summed E-state index contributed by atoms with van der Waals surface area (Å²) < 4.78 is 40.8. The van der Waals surface area contributed by atoms with Gasteiger partial charge in [-0.25, -0.2) is 8.78 Å². The first-order valence-corrected chi connectivity index (χ1v) is 13.2. The van der Waals surface area contributed by atoms with E-state index in [9.17, 15) is 14.3 Å². The van der Waals surface area contributed by atoms with E-state index in [0.717, 1.165) is 5.56 Å². The van der Waals surface area contributed by atoms with Gasteiger partial charge in [-0.1, -0.05) is 30.3 Å². The lowest BCUT2D eigenvalue weighted by Gasteiger charge is -2.43. The van der Waals surface area contributed by atoms with Gasteiger partial charge in [0.1, 0.15) is 23.3 Å². The molecule has 3 N–H and O–H groups in total. The summed E-state index contributed by atoms with van der Waals surface area (Å²) in [6, 6.07) is 16.1. The van der Waals surface area contributed by atoms with E-state index in [-0.39, 0.29) is 31.0 Å². The zero-order valence-electron chi connectivity index (χ0n) is 22.5. The zero-order valence-corrected chi connectivity index (χ0v) is 22.5. The number of unbranched alkanes of at least 4 members (excludes halogenated alkanes) is 1. The molecule has 1 aliphatic rings. The third-order valence-electron chi connectivity index (χ3n) is 7.41. The predicted molar refractivity (Wildman–Crippen MR) is 146 cm³/mol. The Labute approximate surface area is 228 Å². The molecule has 4 rings (SSSR count). The van der Waals surface area contributed by atoms with Crippen LogP contribution in [0.15, 0.2) is 60.7 Å². The number of nitrogens with zero attached hydrogens (tertiary/aromatic N) is 1. The van der Waals surface area contributed by atoms with Crippen LogP contribution < -0.4 is 5.73 Å². The molecule has 0 bridgehead atoms. The first kappa shape index (κ1) is 28.8. The second kappa shape index (κ2) is 12.8. The summed E-state index contributed by atoms with van der Waals surface area (Å²) in [5, 5.41) is 12.4. The van der Waals surface area contributed by atoms with Crippen molar-refractivity contribution in [3.63, 3.8) is 0 Å². The van der Waals surface area contributed by atoms with Gasteiger partial charge in [-0.05, 0) is 78.8 Å². The van der Waals surface area contributed by atoms with E-state index < -0.39 is 23.3 Å². The number of aryl methyl sites for hydroxylation is 1. The van der Waals surface area contributed by atoms with Crippen molar-refractivity contribution >= 4 is 5.91 Å². The molecule has 0 saturated carbocycles. The van der Waals surface area contributed by atoms with Crippen LogP contribution in [-0.4, -0.2) is 55.4 Å². The maximum atomic E-state index is 15.5. The minimum atomic E-state index is -1.63. The van der Waals surface area contributed by atoms with Crippen LogP contribution in [0.4, 0.5) is 8.78 Å². The van der Waals surface area contributed by atoms with Gasteiger partial charge in [0.05, 0.1) is 13.2 Å². The molecule has 1 saturated heterocycles. The Morgan fingerprint density at radius 1 is 1.13 bits per heavy atom. The van der Waals surface area contributed by atoms with E-state index in [2.05, 4.69) is 0 Å². The molecule has 39 heavy (non-hydrogen) atoms. The van der Waals surface area contributed by atoms with Crippen LogP contribution in [0.25, 0.3) is 11.1 Å². The average molecular weight is 539 g/mol. The lowest BCUT2D eigenvalue weighted by Crippen LogP contribution is -2.54. The zero-order chi connectivity index (χ0) is 28.0. The Kier molecular flexibility index (Phi) is 9.45. The number of methoxy groups -OCH3 is 1. The van der Waals surface area contributed by atoms with E-state index in [4.69, 9.17) is 15.2 Å². The van der Waals surface area contributed by atoms with Gasteiger partial charge in [-0.3, -0.25) is 4.79 Å². The van der Waals surface area contributed by atoms with Gasteiger partial charge in [0.2, 0.25) is 0 Å². The molecule has 1 amide bonds. The molecule has 0 aliphatic carbocycles. The SMILES string of the molecule is COCCCCC(O)(c1cccc(F)c1-c1ccc(F)c(C)c1)C1CN(C(=O)c2ccc(CN)cc2)CCO1. The highest BCUT2D eigenvalue weighted by Gasteiger charge is 2.44. The fourth-order valence-corrected chi connectivity index (χ4v) is 5.18. The number of halogens is 2. The summed E-state index contributed by atoms with van der Waals surface area (Å²) in [6.45, 7) is 3.21. The first-order valence-electron chi connectivity index (χ1n) is 13.2. The maximum absolute atomic E-state index is 15.5. The molecule has 2 unspecified atom stereocenters. The van der Waals surface area contributed by atoms with Crippen molar-refractivity contribution in [1.29, 1.82) is 0 Å². The topological polar surface area (TPSA) is 85.0 Å². The third-order valence-corrected chi connectivity index (χ3v) is 7.41. The van der Waals surface area contributed by atoms with E-state index >= 15 is 4.39 Å². The monoisotopic (exact) mass is 538 g/mol. The fraction of sp³-hybridized carbons (Fsp3) is 0.387. The molecule has 6 nitrogen and oxygen atoms in total. The summed E-state index contributed by atoms with van der Waals surface area (Å²) in [7, 11) is 1.61. The van der Waals surface area contributed by atoms with Crippen LogP contribution in [0, 0.1) is 18.6 Å². The molecular formula is C31H36F2N2O4. The highest BCUT2D eigenvalue weighted by molar-refractivity contribution is 5.94. The number of nitrogens with two attached hydrogens (primary N) is 1. The number of rotatable bonds is 10. The van der Waals surface area contributed by atoms with Gasteiger partial charge in [0.25, 0.3) is 5.91 Å². The second-order valence-electron chi connectivity index (χ2n) is 10.0. The molecule has 8 heteroatoms. The van der Waals surface area contributed by atoms with E-state index in [1.165, 1.54) is 18.2 Å². The van der Waals surface area contributed by atoms with Crippen LogP contribution in [0.5, 0.6) is 0 Å². The third kappa shape index (κ3) is 6.36. The van der Waals surface area contributed by atoms with E-state index in [0.29, 0.717) is 54.8 Å². The van der Waals surface area contributed by atoms with Gasteiger partial charge in [0, 0.05) is 37.9 Å². The van der Waals surface area contributed by atoms with Crippen LogP contribution >= 0.6 is 0 Å². The first-order chi connectivity index (χ1) is 18.8. The van der Waals surface area contributed by atoms with Gasteiger partial charge in [-0.2, -0.15) is 0 Å². The van der Waals surface area contributed by atoms with Gasteiger partial charge >= 0.3 is 0 Å². The number of amides is 1. The fourth-order valence-electron chi connectivity index (χ4n) is 5.18. The van der Waals surface area contributed by atoms with Crippen molar-refractivity contribution in [3.8, 4) is 11.1 Å². The Morgan fingerprint density at radius 3 is 2.59 bits per heavy atom. The van der Waals surface area contributed by atoms with Gasteiger partial charge in [-0.15, -0.1) is 0 Å². The lowest BCUT2D eigenvalue weighted by molar-refractivity contribution is -0.146. The van der Waals surface area contributed by atoms with Crippen molar-refractivity contribution < 1.29 is 28.2 Å². The summed E-state index contributed by atoms with van der Waals surface area (Å²) in [5.74, 6) is -1.10. The second-order valence-corrected chi connectivity index (χ2v) is 10.0. The summed E-state index contributed by atoms with van der Waals surface area (Å²) in [6.07, 6.45) is 0.701. The summed E-state index contributed by atoms with van der Waals surface area (Å²) >= 11 is 0. The number of benzene rings is 3. The van der Waals surface area contributed by atoms with Gasteiger partial charge in [0.15, 0.2) is 0 Å². The molecule has 2 atom stereocenters. The minimum absolute atomic E-state index is 0.122. The number of hydrogen-bond acceptors (Lipinski definition) is 5. The van der Waals surface area contributed by atoms with Crippen molar-refractivity contribution in [1.82, 2.24) is 4.90 Å². The number of ether oxygens (including phenoxy) is 2. The lowest BCUT2D eigenvalue weighted by atomic mass is 9.78. The standard InChI is InChI=1S/C31H36F2N2O4/c1-21-18-24(12-13-26(21)32)29-25(6-5-7-27(29)33)31(37,14-3-4-16-38-2)28-20-35(15-17-39-28)30(36)23-10-8-22(19-34)9-11-23/h5-13,18,28,37H,3-4,14-17,19-20,34H2,1-2H3. The van der Waals surface area contributed by atoms with Crippen LogP contribution in [0.1, 0.15) is 46.3 Å². The molecule has 3 aromatic rings. The molecule has 0 spiro atoms. The number of carbonyl (C=O) groups is 1. The van der Waals surface area contributed by atoms with Crippen LogP contribution in [0.3, 0.4) is 0 Å². The maximum Gasteiger partial charge on any atom is 0.254 e. The molecule has 0 aromatic heterocycles. The van der Waals surface area contributed by atoms with Crippen molar-refractivity contribution in [3.05, 3.63) is 94.6 Å². The molecular weight excluding hydrogens is 502 g/mol.